The Hall–Kier alpha value is -0.820. The molecule has 0 amide bonds. The molecule has 1 heteroatoms. The quantitative estimate of drug-likeness (QED) is 0.800. The van der Waals surface area contributed by atoms with E-state index in [1.54, 1.807) is 0 Å². The molecule has 0 unspecified atom stereocenters. The monoisotopic (exact) mass is 217 g/mol. The van der Waals surface area contributed by atoms with Crippen molar-refractivity contribution in [3.8, 4) is 0 Å². The highest BCUT2D eigenvalue weighted by Gasteiger charge is 2.25. The molecule has 2 N–H and O–H groups in total. The van der Waals surface area contributed by atoms with Crippen molar-refractivity contribution in [3.05, 3.63) is 35.4 Å². The van der Waals surface area contributed by atoms with Crippen molar-refractivity contribution in [1.82, 2.24) is 0 Å². The molecule has 1 saturated carbocycles. The summed E-state index contributed by atoms with van der Waals surface area (Å²) in [6.07, 6.45) is 5.31. The Labute approximate surface area is 99.0 Å². The molecule has 0 saturated heterocycles. The molecule has 1 aromatic carbocycles. The first kappa shape index (κ1) is 11.7. The van der Waals surface area contributed by atoms with Crippen molar-refractivity contribution < 1.29 is 0 Å². The van der Waals surface area contributed by atoms with Gasteiger partial charge in [-0.1, -0.05) is 44.0 Å². The van der Waals surface area contributed by atoms with E-state index in [0.29, 0.717) is 5.92 Å². The van der Waals surface area contributed by atoms with Gasteiger partial charge in [0.2, 0.25) is 0 Å². The molecule has 0 radical (unpaired) electrons. The van der Waals surface area contributed by atoms with Crippen molar-refractivity contribution in [2.75, 3.05) is 0 Å². The van der Waals surface area contributed by atoms with Crippen LogP contribution in [0.4, 0.5) is 0 Å². The van der Waals surface area contributed by atoms with Crippen LogP contribution in [-0.4, -0.2) is 0 Å². The first-order valence-corrected chi connectivity index (χ1v) is 6.49. The van der Waals surface area contributed by atoms with E-state index in [0.717, 1.165) is 5.92 Å². The first-order valence-electron chi connectivity index (χ1n) is 6.49. The van der Waals surface area contributed by atoms with Gasteiger partial charge in [0.15, 0.2) is 0 Å². The van der Waals surface area contributed by atoms with Crippen LogP contribution in [0.25, 0.3) is 0 Å². The maximum absolute atomic E-state index is 6.42. The van der Waals surface area contributed by atoms with E-state index in [1.165, 1.54) is 36.8 Å². The normalized spacial score (nSPS) is 27.7. The Morgan fingerprint density at radius 3 is 2.38 bits per heavy atom. The highest BCUT2D eigenvalue weighted by molar-refractivity contribution is 5.29. The highest BCUT2D eigenvalue weighted by atomic mass is 14.7. The van der Waals surface area contributed by atoms with Crippen LogP contribution in [-0.2, 0) is 0 Å². The fraction of sp³-hybridized carbons (Fsp3) is 0.600. The summed E-state index contributed by atoms with van der Waals surface area (Å²) in [4.78, 5) is 0. The Kier molecular flexibility index (Phi) is 3.65. The lowest BCUT2D eigenvalue weighted by atomic mass is 9.77. The Morgan fingerprint density at radius 2 is 1.75 bits per heavy atom. The molecule has 0 aliphatic heterocycles. The molecule has 1 nitrogen and oxygen atoms in total. The summed E-state index contributed by atoms with van der Waals surface area (Å²) in [5.41, 5.74) is 9.11. The van der Waals surface area contributed by atoms with E-state index < -0.39 is 0 Å². The average molecular weight is 217 g/mol. The first-order chi connectivity index (χ1) is 7.68. The van der Waals surface area contributed by atoms with Gasteiger partial charge in [-0.05, 0) is 42.7 Å². The second-order valence-corrected chi connectivity index (χ2v) is 5.40. The van der Waals surface area contributed by atoms with Gasteiger partial charge in [0.05, 0.1) is 0 Å². The van der Waals surface area contributed by atoms with Gasteiger partial charge in [0.1, 0.15) is 0 Å². The third-order valence-electron chi connectivity index (χ3n) is 4.12. The zero-order chi connectivity index (χ0) is 11.5. The lowest BCUT2D eigenvalue weighted by Crippen LogP contribution is -2.26. The zero-order valence-electron chi connectivity index (χ0n) is 10.4. The predicted molar refractivity (Wildman–Crippen MR) is 69.2 cm³/mol. The third-order valence-corrected chi connectivity index (χ3v) is 4.12. The summed E-state index contributed by atoms with van der Waals surface area (Å²) in [6.45, 7) is 4.52. The third kappa shape index (κ3) is 2.46. The number of hydrogen-bond donors (Lipinski definition) is 1. The van der Waals surface area contributed by atoms with Crippen molar-refractivity contribution >= 4 is 0 Å². The van der Waals surface area contributed by atoms with Gasteiger partial charge in [0, 0.05) is 6.04 Å². The molecule has 16 heavy (non-hydrogen) atoms. The molecule has 1 atom stereocenters. The maximum atomic E-state index is 6.42. The highest BCUT2D eigenvalue weighted by Crippen LogP contribution is 2.36. The average Bonchev–Trinajstić information content (AvgIpc) is 2.30. The van der Waals surface area contributed by atoms with E-state index in [9.17, 15) is 0 Å². The topological polar surface area (TPSA) is 26.0 Å². The minimum atomic E-state index is 0.244. The summed E-state index contributed by atoms with van der Waals surface area (Å²) in [5, 5.41) is 0. The van der Waals surface area contributed by atoms with Crippen molar-refractivity contribution in [3.63, 3.8) is 0 Å². The maximum Gasteiger partial charge on any atom is 0.0326 e. The van der Waals surface area contributed by atoms with Crippen LogP contribution >= 0.6 is 0 Å². The van der Waals surface area contributed by atoms with E-state index in [4.69, 9.17) is 5.73 Å². The summed E-state index contributed by atoms with van der Waals surface area (Å²) in [7, 11) is 0. The molecule has 2 rings (SSSR count). The smallest absolute Gasteiger partial charge is 0.0326 e. The SMILES string of the molecule is Cc1ccccc1[C@@H](N)C1CCC(C)CC1. The molecular weight excluding hydrogens is 194 g/mol. The van der Waals surface area contributed by atoms with Crippen LogP contribution in [0.3, 0.4) is 0 Å². The van der Waals surface area contributed by atoms with Gasteiger partial charge >= 0.3 is 0 Å². The van der Waals surface area contributed by atoms with E-state index in [1.807, 2.05) is 0 Å². The summed E-state index contributed by atoms with van der Waals surface area (Å²) in [6, 6.07) is 8.80. The molecule has 1 aliphatic carbocycles. The molecule has 1 aromatic rings. The van der Waals surface area contributed by atoms with Crippen LogP contribution in [0.2, 0.25) is 0 Å². The van der Waals surface area contributed by atoms with Gasteiger partial charge in [-0.25, -0.2) is 0 Å². The van der Waals surface area contributed by atoms with E-state index >= 15 is 0 Å². The van der Waals surface area contributed by atoms with Crippen LogP contribution < -0.4 is 5.73 Å². The molecular formula is C15H23N. The van der Waals surface area contributed by atoms with Crippen LogP contribution in [0.5, 0.6) is 0 Å². The van der Waals surface area contributed by atoms with Gasteiger partial charge in [-0.15, -0.1) is 0 Å². The molecule has 0 aromatic heterocycles. The summed E-state index contributed by atoms with van der Waals surface area (Å²) in [5.74, 6) is 1.60. The fourth-order valence-corrected chi connectivity index (χ4v) is 2.86. The predicted octanol–water partition coefficient (Wildman–Crippen LogP) is 3.82. The molecule has 0 bridgehead atoms. The van der Waals surface area contributed by atoms with Crippen molar-refractivity contribution in [2.24, 2.45) is 17.6 Å². The molecule has 1 aliphatic rings. The van der Waals surface area contributed by atoms with Gasteiger partial charge in [-0.3, -0.25) is 0 Å². The van der Waals surface area contributed by atoms with E-state index in [2.05, 4.69) is 38.1 Å². The van der Waals surface area contributed by atoms with Crippen molar-refractivity contribution in [1.29, 1.82) is 0 Å². The van der Waals surface area contributed by atoms with Crippen LogP contribution in [0.1, 0.15) is 49.8 Å². The molecule has 1 fully saturated rings. The van der Waals surface area contributed by atoms with Crippen molar-refractivity contribution in [2.45, 2.75) is 45.6 Å². The van der Waals surface area contributed by atoms with E-state index in [-0.39, 0.29) is 6.04 Å². The van der Waals surface area contributed by atoms with Crippen LogP contribution in [0.15, 0.2) is 24.3 Å². The Bertz CT molecular complexity index is 337. The lowest BCUT2D eigenvalue weighted by molar-refractivity contribution is 0.256. The Balaban J connectivity index is 2.07. The van der Waals surface area contributed by atoms with Gasteiger partial charge in [-0.2, -0.15) is 0 Å². The van der Waals surface area contributed by atoms with Crippen LogP contribution in [0, 0.1) is 18.8 Å². The minimum absolute atomic E-state index is 0.244. The second kappa shape index (κ2) is 5.01. The van der Waals surface area contributed by atoms with Gasteiger partial charge < -0.3 is 5.73 Å². The zero-order valence-corrected chi connectivity index (χ0v) is 10.4. The lowest BCUT2D eigenvalue weighted by Gasteiger charge is -2.31. The molecule has 0 spiro atoms. The number of hydrogen-bond acceptors (Lipinski definition) is 1. The Morgan fingerprint density at radius 1 is 1.12 bits per heavy atom. The fourth-order valence-electron chi connectivity index (χ4n) is 2.86. The number of aryl methyl sites for hydroxylation is 1. The second-order valence-electron chi connectivity index (χ2n) is 5.40. The molecule has 0 heterocycles. The standard InChI is InChI=1S/C15H23N/c1-11-7-9-13(10-8-11)15(16)14-6-4-3-5-12(14)2/h3-6,11,13,15H,7-10,16H2,1-2H3/t11?,13?,15-/m0/s1. The number of rotatable bonds is 2. The largest absolute Gasteiger partial charge is 0.324 e. The number of nitrogens with two attached hydrogens (primary N) is 1. The molecule has 88 valence electrons. The summed E-state index contributed by atoms with van der Waals surface area (Å²) < 4.78 is 0. The summed E-state index contributed by atoms with van der Waals surface area (Å²) >= 11 is 0. The number of benzene rings is 1. The van der Waals surface area contributed by atoms with Gasteiger partial charge in [0.25, 0.3) is 0 Å². The minimum Gasteiger partial charge on any atom is -0.324 e.